The van der Waals surface area contributed by atoms with Crippen molar-refractivity contribution in [1.29, 1.82) is 5.41 Å². The highest BCUT2D eigenvalue weighted by Crippen LogP contribution is 1.75. The number of thiol groups is 1. The SMILES string of the molecule is Cl.N=CC[SH]=CCO. The molecule has 0 saturated carbocycles. The topological polar surface area (TPSA) is 44.1 Å². The summed E-state index contributed by atoms with van der Waals surface area (Å²) in [5.41, 5.74) is 0. The van der Waals surface area contributed by atoms with Crippen molar-refractivity contribution in [2.75, 3.05) is 12.4 Å². The van der Waals surface area contributed by atoms with Crippen molar-refractivity contribution in [2.24, 2.45) is 0 Å². The zero-order valence-corrected chi connectivity index (χ0v) is 6.08. The first-order valence-corrected chi connectivity index (χ1v) is 3.14. The van der Waals surface area contributed by atoms with Crippen molar-refractivity contribution in [3.63, 3.8) is 0 Å². The molecule has 0 fully saturated rings. The molecule has 2 N–H and O–H groups in total. The Morgan fingerprint density at radius 2 is 2.25 bits per heavy atom. The van der Waals surface area contributed by atoms with Gasteiger partial charge in [-0.25, -0.2) is 0 Å². The minimum Gasteiger partial charge on any atom is -0.392 e. The second kappa shape index (κ2) is 10.2. The predicted octanol–water partition coefficient (Wildman–Crippen LogP) is 0.318. The second-order valence-electron chi connectivity index (χ2n) is 0.934. The molecule has 4 heteroatoms. The molecular formula is C4H10ClNOS. The molecule has 0 aromatic carbocycles. The van der Waals surface area contributed by atoms with Crippen LogP contribution in [-0.4, -0.2) is 29.0 Å². The molecule has 0 atom stereocenters. The minimum atomic E-state index is 0. The van der Waals surface area contributed by atoms with Gasteiger partial charge in [0, 0.05) is 12.0 Å². The fraction of sp³-hybridized carbons (Fsp3) is 0.500. The quantitative estimate of drug-likeness (QED) is 0.307. The van der Waals surface area contributed by atoms with Crippen LogP contribution in [0, 0.1) is 5.41 Å². The Hall–Kier alpha value is 0.140. The van der Waals surface area contributed by atoms with Gasteiger partial charge in [0.25, 0.3) is 0 Å². The Morgan fingerprint density at radius 1 is 1.62 bits per heavy atom. The molecule has 0 bridgehead atoms. The van der Waals surface area contributed by atoms with Gasteiger partial charge in [0.05, 0.1) is 6.61 Å². The monoisotopic (exact) mass is 155 g/mol. The first-order valence-electron chi connectivity index (χ1n) is 2.00. The number of hydrogen-bond acceptors (Lipinski definition) is 2. The summed E-state index contributed by atoms with van der Waals surface area (Å²) in [6.45, 7) is 0.120. The molecule has 0 heterocycles. The van der Waals surface area contributed by atoms with Crippen LogP contribution in [-0.2, 0) is 0 Å². The van der Waals surface area contributed by atoms with E-state index in [0.717, 1.165) is 17.1 Å². The highest BCUT2D eigenvalue weighted by molar-refractivity contribution is 7.98. The van der Waals surface area contributed by atoms with Crippen LogP contribution in [0.1, 0.15) is 0 Å². The summed E-state index contributed by atoms with van der Waals surface area (Å²) < 4.78 is 0. The molecule has 50 valence electrons. The predicted molar refractivity (Wildman–Crippen MR) is 43.0 cm³/mol. The van der Waals surface area contributed by atoms with Gasteiger partial charge in [-0.2, -0.15) is 11.4 Å². The third-order valence-corrected chi connectivity index (χ3v) is 1.22. The van der Waals surface area contributed by atoms with Gasteiger partial charge in [0.2, 0.25) is 0 Å². The lowest BCUT2D eigenvalue weighted by molar-refractivity contribution is 0.363. The van der Waals surface area contributed by atoms with E-state index in [1.807, 2.05) is 0 Å². The van der Waals surface area contributed by atoms with Crippen molar-refractivity contribution in [2.45, 2.75) is 0 Å². The maximum Gasteiger partial charge on any atom is 0.0663 e. The van der Waals surface area contributed by atoms with E-state index in [1.54, 1.807) is 5.37 Å². The maximum atomic E-state index is 8.16. The lowest BCUT2D eigenvalue weighted by Crippen LogP contribution is -1.79. The Bertz CT molecular complexity index is 76.4. The lowest BCUT2D eigenvalue weighted by Gasteiger charge is -1.76. The van der Waals surface area contributed by atoms with Crippen molar-refractivity contribution in [3.8, 4) is 0 Å². The standard InChI is InChI=1S/C4H9NOS.ClH/c5-1-3-7-4-2-6;/h1,4-7H,2-3H2;1H. The van der Waals surface area contributed by atoms with Gasteiger partial charge in [-0.15, -0.1) is 12.4 Å². The number of nitrogens with one attached hydrogen (secondary N) is 1. The van der Waals surface area contributed by atoms with Gasteiger partial charge in [-0.05, 0) is 5.37 Å². The summed E-state index contributed by atoms with van der Waals surface area (Å²) in [6, 6.07) is 0. The summed E-state index contributed by atoms with van der Waals surface area (Å²) in [5.74, 6) is 0.723. The Balaban J connectivity index is 0. The van der Waals surface area contributed by atoms with E-state index >= 15 is 0 Å². The summed E-state index contributed by atoms with van der Waals surface area (Å²) in [7, 11) is 0. The van der Waals surface area contributed by atoms with E-state index in [4.69, 9.17) is 10.5 Å². The Morgan fingerprint density at radius 3 is 2.62 bits per heavy atom. The Labute approximate surface area is 58.8 Å². The van der Waals surface area contributed by atoms with Gasteiger partial charge >= 0.3 is 0 Å². The third-order valence-electron chi connectivity index (χ3n) is 0.407. The zero-order valence-electron chi connectivity index (χ0n) is 4.37. The molecule has 0 aliphatic rings. The fourth-order valence-electron chi connectivity index (χ4n) is 0.185. The van der Waals surface area contributed by atoms with E-state index in [9.17, 15) is 0 Å². The van der Waals surface area contributed by atoms with Crippen LogP contribution in [0.4, 0.5) is 0 Å². The maximum absolute atomic E-state index is 8.16. The molecule has 2 nitrogen and oxygen atoms in total. The third kappa shape index (κ3) is 9.46. The fourth-order valence-corrected chi connectivity index (χ4v) is 0.555. The van der Waals surface area contributed by atoms with Crippen molar-refractivity contribution >= 4 is 35.3 Å². The average Bonchev–Trinajstić information content (AvgIpc) is 1.69. The first kappa shape index (κ1) is 11.0. The smallest absolute Gasteiger partial charge is 0.0663 e. The molecule has 0 aromatic heterocycles. The van der Waals surface area contributed by atoms with Crippen LogP contribution in [0.25, 0.3) is 0 Å². The number of aliphatic hydroxyl groups is 1. The van der Waals surface area contributed by atoms with Crippen LogP contribution in [0.15, 0.2) is 0 Å². The molecule has 0 spiro atoms. The molecule has 0 rings (SSSR count). The molecule has 0 aliphatic carbocycles. The molecule has 0 aliphatic heterocycles. The number of halogens is 1. The van der Waals surface area contributed by atoms with Gasteiger partial charge in [0.15, 0.2) is 0 Å². The highest BCUT2D eigenvalue weighted by Gasteiger charge is 1.63. The molecular weight excluding hydrogens is 146 g/mol. The van der Waals surface area contributed by atoms with E-state index in [2.05, 4.69) is 0 Å². The van der Waals surface area contributed by atoms with Crippen molar-refractivity contribution in [3.05, 3.63) is 0 Å². The molecule has 8 heavy (non-hydrogen) atoms. The molecule has 0 radical (unpaired) electrons. The van der Waals surface area contributed by atoms with Crippen LogP contribution in [0.5, 0.6) is 0 Å². The lowest BCUT2D eigenvalue weighted by atomic mass is 10.9. The van der Waals surface area contributed by atoms with Gasteiger partial charge < -0.3 is 10.5 Å². The summed E-state index contributed by atoms with van der Waals surface area (Å²) >= 11 is 1.02. The summed E-state index contributed by atoms with van der Waals surface area (Å²) in [4.78, 5) is 0. The van der Waals surface area contributed by atoms with Crippen molar-refractivity contribution < 1.29 is 5.11 Å². The van der Waals surface area contributed by atoms with Crippen LogP contribution < -0.4 is 0 Å². The summed E-state index contributed by atoms with van der Waals surface area (Å²) in [6.07, 6.45) is 1.33. The van der Waals surface area contributed by atoms with Gasteiger partial charge in [-0.1, -0.05) is 0 Å². The van der Waals surface area contributed by atoms with Crippen LogP contribution in [0.3, 0.4) is 0 Å². The van der Waals surface area contributed by atoms with Gasteiger partial charge in [0.1, 0.15) is 0 Å². The molecule has 0 amide bonds. The highest BCUT2D eigenvalue weighted by atomic mass is 35.5. The van der Waals surface area contributed by atoms with E-state index < -0.39 is 0 Å². The minimum absolute atomic E-state index is 0. The van der Waals surface area contributed by atoms with Gasteiger partial charge in [-0.3, -0.25) is 0 Å². The Kier molecular flexibility index (Phi) is 14.0. The number of aliphatic hydroxyl groups excluding tert-OH is 1. The summed E-state index contributed by atoms with van der Waals surface area (Å²) in [5, 5.41) is 16.4. The molecule has 0 aromatic rings. The van der Waals surface area contributed by atoms with Crippen LogP contribution >= 0.6 is 23.8 Å². The zero-order chi connectivity index (χ0) is 5.54. The van der Waals surface area contributed by atoms with Crippen LogP contribution in [0.2, 0.25) is 0 Å². The largest absolute Gasteiger partial charge is 0.392 e. The van der Waals surface area contributed by atoms with E-state index in [1.165, 1.54) is 6.21 Å². The molecule has 0 saturated heterocycles. The molecule has 0 unspecified atom stereocenters. The number of rotatable bonds is 3. The van der Waals surface area contributed by atoms with E-state index in [0.29, 0.717) is 0 Å². The van der Waals surface area contributed by atoms with E-state index in [-0.39, 0.29) is 19.0 Å². The normalized spacial score (nSPS) is 9.62. The second-order valence-corrected chi connectivity index (χ2v) is 2.03. The first-order chi connectivity index (χ1) is 3.41. The average molecular weight is 156 g/mol. The van der Waals surface area contributed by atoms with Crippen molar-refractivity contribution in [1.82, 2.24) is 0 Å². The number of hydrogen-bond donors (Lipinski definition) is 3.